The van der Waals surface area contributed by atoms with Crippen LogP contribution in [0.5, 0.6) is 5.75 Å². The van der Waals surface area contributed by atoms with Crippen molar-refractivity contribution in [1.82, 2.24) is 9.13 Å². The summed E-state index contributed by atoms with van der Waals surface area (Å²) < 4.78 is 77.8. The predicted molar refractivity (Wildman–Crippen MR) is 165 cm³/mol. The number of fused-ring (bicyclic) bond motifs is 2. The molecule has 0 unspecified atom stereocenters. The third-order valence-corrected chi connectivity index (χ3v) is 9.77. The average molecular weight is 642 g/mol. The minimum Gasteiger partial charge on any atom is -0.438 e. The second-order valence-electron chi connectivity index (χ2n) is 10.1. The van der Waals surface area contributed by atoms with Crippen molar-refractivity contribution < 1.29 is 35.2 Å². The van der Waals surface area contributed by atoms with Crippen molar-refractivity contribution in [2.45, 2.75) is 19.4 Å². The Morgan fingerprint density at radius 2 is 1.42 bits per heavy atom. The van der Waals surface area contributed by atoms with Gasteiger partial charge in [-0.2, -0.15) is 21.4 Å². The van der Waals surface area contributed by atoms with Crippen molar-refractivity contribution in [3.63, 3.8) is 0 Å². The van der Waals surface area contributed by atoms with Crippen LogP contribution < -0.4 is 14.2 Å². The number of nitrogens with zero attached hydrogens (tertiary/aromatic N) is 4. The molecule has 4 heterocycles. The van der Waals surface area contributed by atoms with Crippen molar-refractivity contribution >= 4 is 53.6 Å². The van der Waals surface area contributed by atoms with Gasteiger partial charge in [0.15, 0.2) is 12.3 Å². The van der Waals surface area contributed by atoms with Crippen LogP contribution in [-0.2, 0) is 26.8 Å². The van der Waals surface area contributed by atoms with E-state index in [1.807, 2.05) is 110 Å². The first-order valence-electron chi connectivity index (χ1n) is 13.5. The Balaban J connectivity index is 1.42. The minimum atomic E-state index is -4.15. The van der Waals surface area contributed by atoms with Crippen LogP contribution in [0.2, 0.25) is 0 Å². The molecule has 0 saturated carbocycles. The first-order valence-corrected chi connectivity index (χ1v) is 17.5. The molecular formula is C29H29N4O7S3+. The molecule has 1 aliphatic heterocycles. The highest BCUT2D eigenvalue weighted by atomic mass is 32.2. The van der Waals surface area contributed by atoms with Gasteiger partial charge < -0.3 is 18.8 Å². The van der Waals surface area contributed by atoms with Gasteiger partial charge in [-0.05, 0) is 61.0 Å². The molecule has 2 N–H and O–H groups in total. The van der Waals surface area contributed by atoms with Crippen molar-refractivity contribution in [3.8, 4) is 17.1 Å². The first-order chi connectivity index (χ1) is 20.5. The van der Waals surface area contributed by atoms with Crippen LogP contribution in [0.15, 0.2) is 91.3 Å². The second-order valence-corrected chi connectivity index (χ2v) is 14.3. The van der Waals surface area contributed by atoms with Crippen LogP contribution >= 0.6 is 11.3 Å². The number of benzene rings is 2. The molecule has 0 bridgehead atoms. The van der Waals surface area contributed by atoms with Crippen LogP contribution in [0, 0.1) is 0 Å². The van der Waals surface area contributed by atoms with E-state index in [-0.39, 0.29) is 25.1 Å². The largest absolute Gasteiger partial charge is 0.438 e. The standard InChI is InChI=1S/C29H28N4O7S3/c34-42(35,36)17-5-15-32-24-19-22(30-11-1-2-12-30)7-9-26(24)40-28(32)21-29-33(16-6-18-43(37,38)39)25-20-23(8-10-27(25)41-29)31-13-3-4-14-31/h1-4,7-14,19-21H,5-6,15-18H2,(H-,34,35,36,37,38,39)/p+1. The molecule has 0 saturated heterocycles. The molecule has 0 atom stereocenters. The van der Waals surface area contributed by atoms with Gasteiger partial charge >= 0.3 is 0 Å². The first kappa shape index (κ1) is 29.1. The van der Waals surface area contributed by atoms with E-state index in [4.69, 9.17) is 4.74 Å². The maximum absolute atomic E-state index is 11.5. The molecule has 2 aromatic carbocycles. The molecule has 1 aliphatic rings. The number of thiazole rings is 1. The lowest BCUT2D eigenvalue weighted by Crippen LogP contribution is -2.36. The van der Waals surface area contributed by atoms with Gasteiger partial charge in [0.25, 0.3) is 25.2 Å². The average Bonchev–Trinajstić information content (AvgIpc) is 3.75. The maximum atomic E-state index is 11.5. The smallest absolute Gasteiger partial charge is 0.268 e. The van der Waals surface area contributed by atoms with E-state index in [0.717, 1.165) is 32.3 Å². The number of aromatic nitrogens is 3. The van der Waals surface area contributed by atoms with Crippen molar-refractivity contribution in [2.75, 3.05) is 23.0 Å². The van der Waals surface area contributed by atoms with E-state index in [9.17, 15) is 25.9 Å². The van der Waals surface area contributed by atoms with Gasteiger partial charge in [-0.1, -0.05) is 11.3 Å². The summed E-state index contributed by atoms with van der Waals surface area (Å²) in [6, 6.07) is 19.5. The summed E-state index contributed by atoms with van der Waals surface area (Å²) >= 11 is 1.50. The van der Waals surface area contributed by atoms with Crippen LogP contribution in [0.4, 0.5) is 5.69 Å². The Hall–Kier alpha value is -3.95. The molecule has 6 rings (SSSR count). The van der Waals surface area contributed by atoms with Crippen molar-refractivity contribution in [3.05, 3.63) is 96.3 Å². The van der Waals surface area contributed by atoms with Crippen molar-refractivity contribution in [2.24, 2.45) is 0 Å². The van der Waals surface area contributed by atoms with E-state index in [1.165, 1.54) is 11.3 Å². The third-order valence-electron chi connectivity index (χ3n) is 7.05. The Morgan fingerprint density at radius 1 is 0.814 bits per heavy atom. The topological polar surface area (TPSA) is 135 Å². The summed E-state index contributed by atoms with van der Waals surface area (Å²) in [6.07, 6.45) is 9.93. The summed E-state index contributed by atoms with van der Waals surface area (Å²) in [5.41, 5.74) is 3.48. The Bertz CT molecular complexity index is 2020. The van der Waals surface area contributed by atoms with E-state index in [0.29, 0.717) is 18.2 Å². The zero-order chi connectivity index (χ0) is 30.2. The fourth-order valence-corrected chi connectivity index (χ4v) is 7.19. The van der Waals surface area contributed by atoms with Gasteiger partial charge in [-0.3, -0.25) is 9.11 Å². The van der Waals surface area contributed by atoms with Crippen LogP contribution in [-0.4, -0.2) is 53.1 Å². The Kier molecular flexibility index (Phi) is 7.87. The number of hydrogen-bond donors (Lipinski definition) is 2. The Labute approximate surface area is 253 Å². The zero-order valence-electron chi connectivity index (χ0n) is 22.9. The van der Waals surface area contributed by atoms with Gasteiger partial charge in [0.1, 0.15) is 4.70 Å². The molecule has 0 amide bonds. The Morgan fingerprint density at radius 3 is 2.07 bits per heavy atom. The highest BCUT2D eigenvalue weighted by molar-refractivity contribution is 7.86. The van der Waals surface area contributed by atoms with E-state index < -0.39 is 26.0 Å². The van der Waals surface area contributed by atoms with Crippen LogP contribution in [0.25, 0.3) is 27.7 Å². The fourth-order valence-electron chi connectivity index (χ4n) is 5.11. The number of rotatable bonds is 11. The molecule has 0 spiro atoms. The van der Waals surface area contributed by atoms with E-state index in [2.05, 4.69) is 0 Å². The molecule has 3 aromatic heterocycles. The summed E-state index contributed by atoms with van der Waals surface area (Å²) in [4.78, 5) is 1.88. The highest BCUT2D eigenvalue weighted by Crippen LogP contribution is 2.41. The number of ether oxygens (including phenoxy) is 1. The van der Waals surface area contributed by atoms with Gasteiger partial charge in [0.2, 0.25) is 11.4 Å². The zero-order valence-corrected chi connectivity index (χ0v) is 25.3. The van der Waals surface area contributed by atoms with Gasteiger partial charge in [-0.15, -0.1) is 0 Å². The molecule has 224 valence electrons. The number of anilines is 1. The monoisotopic (exact) mass is 641 g/mol. The highest BCUT2D eigenvalue weighted by Gasteiger charge is 2.30. The minimum absolute atomic E-state index is 0.160. The second kappa shape index (κ2) is 11.6. The van der Waals surface area contributed by atoms with Crippen molar-refractivity contribution in [1.29, 1.82) is 0 Å². The lowest BCUT2D eigenvalue weighted by Gasteiger charge is -2.18. The summed E-state index contributed by atoms with van der Waals surface area (Å²) in [5, 5.41) is 0.781. The predicted octanol–water partition coefficient (Wildman–Crippen LogP) is 4.52. The molecule has 5 aromatic rings. The number of aryl methyl sites for hydroxylation is 1. The van der Waals surface area contributed by atoms with Crippen LogP contribution in [0.3, 0.4) is 0 Å². The summed E-state index contributed by atoms with van der Waals surface area (Å²) in [7, 11) is -8.28. The van der Waals surface area contributed by atoms with Crippen LogP contribution in [0.1, 0.15) is 17.8 Å². The van der Waals surface area contributed by atoms with E-state index >= 15 is 0 Å². The molecule has 14 heteroatoms. The normalized spacial score (nSPS) is 14.5. The summed E-state index contributed by atoms with van der Waals surface area (Å²) in [5.74, 6) is 0.291. The van der Waals surface area contributed by atoms with Gasteiger partial charge in [0, 0.05) is 49.5 Å². The molecular weight excluding hydrogens is 613 g/mol. The van der Waals surface area contributed by atoms with Gasteiger partial charge in [-0.25, -0.2) is 0 Å². The molecule has 43 heavy (non-hydrogen) atoms. The lowest BCUT2D eigenvalue weighted by molar-refractivity contribution is -0.668. The number of hydrogen-bond acceptors (Lipinski definition) is 7. The molecule has 0 radical (unpaired) electrons. The van der Waals surface area contributed by atoms with Gasteiger partial charge in [0.05, 0.1) is 29.0 Å². The fraction of sp³-hybridized carbons (Fsp3) is 0.207. The molecule has 0 aliphatic carbocycles. The maximum Gasteiger partial charge on any atom is 0.268 e. The summed E-state index contributed by atoms with van der Waals surface area (Å²) in [6.45, 7) is 0.584. The van der Waals surface area contributed by atoms with E-state index in [1.54, 1.807) is 0 Å². The lowest BCUT2D eigenvalue weighted by atomic mass is 10.2. The SMILES string of the molecule is O=S(=O)(O)CCCN1/C(=C/c2sc3ccc(-n4cccc4)cc3[n+]2CCCS(=O)(=O)O)Oc2ccc(-n3cccc3)cc21. The molecule has 0 fully saturated rings. The molecule has 11 nitrogen and oxygen atoms in total. The third kappa shape index (κ3) is 6.68. The quantitative estimate of drug-likeness (QED) is 0.159.